The number of nitrogens with zero attached hydrogens (tertiary/aromatic N) is 2. The molecule has 1 fully saturated rings. The zero-order valence-electron chi connectivity index (χ0n) is 14.1. The number of amides is 1. The summed E-state index contributed by atoms with van der Waals surface area (Å²) in [6.07, 6.45) is 10.1. The molecule has 0 saturated heterocycles. The number of carbonyl (C=O) groups excluding carboxylic acids is 1. The van der Waals surface area contributed by atoms with Crippen LogP contribution in [0.1, 0.15) is 31.4 Å². The predicted octanol–water partition coefficient (Wildman–Crippen LogP) is 3.81. The minimum atomic E-state index is -3.34. The number of anilines is 1. The van der Waals surface area contributed by atoms with Crippen LogP contribution in [0.25, 0.3) is 5.57 Å². The number of pyridine rings is 1. The van der Waals surface area contributed by atoms with Crippen molar-refractivity contribution in [2.75, 3.05) is 11.6 Å². The summed E-state index contributed by atoms with van der Waals surface area (Å²) in [5.74, 6) is -0.0189. The molecule has 1 N–H and O–H groups in total. The van der Waals surface area contributed by atoms with E-state index in [1.165, 1.54) is 29.8 Å². The molecule has 1 amide bonds. The van der Waals surface area contributed by atoms with E-state index in [1.807, 2.05) is 6.08 Å². The largest absolute Gasteiger partial charge is 0.298 e. The Hall–Kier alpha value is -1.77. The van der Waals surface area contributed by atoms with Gasteiger partial charge in [-0.05, 0) is 30.9 Å². The number of halogens is 1. The van der Waals surface area contributed by atoms with Crippen molar-refractivity contribution in [2.45, 2.75) is 30.6 Å². The third-order valence-electron chi connectivity index (χ3n) is 4.19. The van der Waals surface area contributed by atoms with E-state index in [0.717, 1.165) is 31.9 Å². The second-order valence-corrected chi connectivity index (χ2v) is 9.88. The maximum Gasteiger partial charge on any atom is 0.259 e. The monoisotopic (exact) mass is 411 g/mol. The number of carbonyl (C=O) groups is 1. The predicted molar refractivity (Wildman–Crippen MR) is 103 cm³/mol. The molecule has 0 spiro atoms. The molecule has 26 heavy (non-hydrogen) atoms. The number of aromatic nitrogens is 2. The highest BCUT2D eigenvalue weighted by molar-refractivity contribution is 7.90. The van der Waals surface area contributed by atoms with Gasteiger partial charge < -0.3 is 0 Å². The second-order valence-electron chi connectivity index (χ2n) is 6.20. The highest BCUT2D eigenvalue weighted by Gasteiger charge is 2.20. The highest BCUT2D eigenvalue weighted by atomic mass is 35.5. The first-order valence-corrected chi connectivity index (χ1v) is 11.2. The summed E-state index contributed by atoms with van der Waals surface area (Å²) >= 11 is 7.03. The van der Waals surface area contributed by atoms with Crippen molar-refractivity contribution in [3.8, 4) is 0 Å². The molecule has 0 aliphatic heterocycles. The van der Waals surface area contributed by atoms with Crippen LogP contribution in [0.2, 0.25) is 4.34 Å². The van der Waals surface area contributed by atoms with Gasteiger partial charge in [-0.25, -0.2) is 13.4 Å². The lowest BCUT2D eigenvalue weighted by atomic mass is 10.0. The first-order chi connectivity index (χ1) is 12.3. The van der Waals surface area contributed by atoms with Crippen molar-refractivity contribution in [1.82, 2.24) is 9.97 Å². The van der Waals surface area contributed by atoms with Crippen LogP contribution in [-0.4, -0.2) is 30.5 Å². The molecule has 2 aromatic rings. The van der Waals surface area contributed by atoms with Gasteiger partial charge in [-0.3, -0.25) is 15.1 Å². The number of thiazole rings is 1. The van der Waals surface area contributed by atoms with E-state index in [9.17, 15) is 13.2 Å². The SMILES string of the molecule is CS(=O)(=O)c1ccc(/C(=C\C2CCCC2)C(=O)Nc2ncc(Cl)s2)nc1. The van der Waals surface area contributed by atoms with Crippen molar-refractivity contribution in [3.63, 3.8) is 0 Å². The fraction of sp³-hybridized carbons (Fsp3) is 0.353. The molecule has 0 unspecified atom stereocenters. The molecule has 6 nitrogen and oxygen atoms in total. The van der Waals surface area contributed by atoms with Gasteiger partial charge in [-0.1, -0.05) is 41.9 Å². The number of rotatable bonds is 5. The summed E-state index contributed by atoms with van der Waals surface area (Å²) in [6.45, 7) is 0. The van der Waals surface area contributed by atoms with Crippen LogP contribution in [0, 0.1) is 5.92 Å². The Morgan fingerprint density at radius 2 is 2.00 bits per heavy atom. The molecule has 2 heterocycles. The molecule has 0 radical (unpaired) electrons. The van der Waals surface area contributed by atoms with Gasteiger partial charge in [-0.2, -0.15) is 0 Å². The van der Waals surface area contributed by atoms with Crippen molar-refractivity contribution < 1.29 is 13.2 Å². The summed E-state index contributed by atoms with van der Waals surface area (Å²) < 4.78 is 23.7. The smallest absolute Gasteiger partial charge is 0.259 e. The number of nitrogens with one attached hydrogen (secondary N) is 1. The average Bonchev–Trinajstić information content (AvgIpc) is 3.23. The average molecular weight is 412 g/mol. The fourth-order valence-corrected chi connectivity index (χ4v) is 4.24. The van der Waals surface area contributed by atoms with Gasteiger partial charge in [0.1, 0.15) is 4.34 Å². The molecule has 1 aliphatic carbocycles. The number of allylic oxidation sites excluding steroid dienone is 1. The van der Waals surface area contributed by atoms with E-state index in [0.29, 0.717) is 26.7 Å². The highest BCUT2D eigenvalue weighted by Crippen LogP contribution is 2.30. The molecule has 9 heteroatoms. The molecule has 1 aliphatic rings. The van der Waals surface area contributed by atoms with Crippen molar-refractivity contribution in [2.24, 2.45) is 5.92 Å². The Bertz CT molecular complexity index is 930. The third kappa shape index (κ3) is 4.69. The van der Waals surface area contributed by atoms with Crippen molar-refractivity contribution in [3.05, 3.63) is 40.6 Å². The van der Waals surface area contributed by atoms with Crippen LogP contribution >= 0.6 is 22.9 Å². The maximum atomic E-state index is 12.8. The van der Waals surface area contributed by atoms with Gasteiger partial charge in [0, 0.05) is 12.5 Å². The van der Waals surface area contributed by atoms with Gasteiger partial charge >= 0.3 is 0 Å². The first kappa shape index (κ1) is 19.0. The van der Waals surface area contributed by atoms with Gasteiger partial charge in [0.15, 0.2) is 15.0 Å². The lowest BCUT2D eigenvalue weighted by Gasteiger charge is -2.10. The quantitative estimate of drug-likeness (QED) is 0.755. The maximum absolute atomic E-state index is 12.8. The van der Waals surface area contributed by atoms with Crippen molar-refractivity contribution >= 4 is 49.4 Å². The molecule has 2 aromatic heterocycles. The van der Waals surface area contributed by atoms with Crippen LogP contribution in [0.15, 0.2) is 35.5 Å². The third-order valence-corrected chi connectivity index (χ3v) is 6.31. The Labute approximate surface area is 161 Å². The van der Waals surface area contributed by atoms with Crippen LogP contribution in [0.3, 0.4) is 0 Å². The topological polar surface area (TPSA) is 89.0 Å². The van der Waals surface area contributed by atoms with Gasteiger partial charge in [0.05, 0.1) is 22.4 Å². The standard InChI is InChI=1S/C17H18ClN3O3S2/c1-26(23,24)12-6-7-14(19-9-12)13(8-11-4-2-3-5-11)16(22)21-17-20-10-15(18)25-17/h6-11H,2-5H2,1H3,(H,20,21,22)/b13-8+. The van der Waals surface area contributed by atoms with E-state index in [1.54, 1.807) is 6.07 Å². The van der Waals surface area contributed by atoms with Gasteiger partial charge in [0.2, 0.25) is 0 Å². The summed E-state index contributed by atoms with van der Waals surface area (Å²) in [5.41, 5.74) is 0.854. The minimum Gasteiger partial charge on any atom is -0.298 e. The summed E-state index contributed by atoms with van der Waals surface area (Å²) in [4.78, 5) is 21.1. The van der Waals surface area contributed by atoms with Crippen molar-refractivity contribution in [1.29, 1.82) is 0 Å². The lowest BCUT2D eigenvalue weighted by molar-refractivity contribution is -0.111. The van der Waals surface area contributed by atoms with Gasteiger partial charge in [-0.15, -0.1) is 0 Å². The molecule has 0 bridgehead atoms. The van der Waals surface area contributed by atoms with Gasteiger partial charge in [0.25, 0.3) is 5.91 Å². The molecule has 138 valence electrons. The molecular formula is C17H18ClN3O3S2. The van der Waals surface area contributed by atoms with E-state index in [-0.39, 0.29) is 10.8 Å². The molecule has 1 saturated carbocycles. The lowest BCUT2D eigenvalue weighted by Crippen LogP contribution is -2.15. The Morgan fingerprint density at radius 1 is 1.27 bits per heavy atom. The van der Waals surface area contributed by atoms with E-state index >= 15 is 0 Å². The first-order valence-electron chi connectivity index (χ1n) is 8.14. The number of hydrogen-bond acceptors (Lipinski definition) is 6. The zero-order chi connectivity index (χ0) is 18.7. The summed E-state index contributed by atoms with van der Waals surface area (Å²) in [5, 5.41) is 3.15. The Balaban J connectivity index is 1.91. The van der Waals surface area contributed by atoms with E-state index < -0.39 is 9.84 Å². The molecular weight excluding hydrogens is 394 g/mol. The number of hydrogen-bond donors (Lipinski definition) is 1. The van der Waals surface area contributed by atoms with Crippen LogP contribution in [-0.2, 0) is 14.6 Å². The minimum absolute atomic E-state index is 0.119. The Kier molecular flexibility index (Phi) is 5.74. The summed E-state index contributed by atoms with van der Waals surface area (Å²) in [6, 6.07) is 3.03. The molecule has 0 aromatic carbocycles. The normalized spacial score (nSPS) is 16.0. The van der Waals surface area contributed by atoms with E-state index in [2.05, 4.69) is 15.3 Å². The second kappa shape index (κ2) is 7.85. The number of sulfone groups is 1. The van der Waals surface area contributed by atoms with E-state index in [4.69, 9.17) is 11.6 Å². The van der Waals surface area contributed by atoms with Crippen LogP contribution in [0.4, 0.5) is 5.13 Å². The summed E-state index contributed by atoms with van der Waals surface area (Å²) in [7, 11) is -3.34. The molecule has 0 atom stereocenters. The van der Waals surface area contributed by atoms with Crippen LogP contribution < -0.4 is 5.32 Å². The van der Waals surface area contributed by atoms with Crippen LogP contribution in [0.5, 0.6) is 0 Å². The molecule has 3 rings (SSSR count). The fourth-order valence-electron chi connectivity index (χ4n) is 2.87. The Morgan fingerprint density at radius 3 is 2.54 bits per heavy atom. The zero-order valence-corrected chi connectivity index (χ0v) is 16.5.